The van der Waals surface area contributed by atoms with Crippen LogP contribution in [0.3, 0.4) is 0 Å². The third-order valence-corrected chi connectivity index (χ3v) is 6.51. The summed E-state index contributed by atoms with van der Waals surface area (Å²) in [7, 11) is -1.79. The Kier molecular flexibility index (Phi) is 4.51. The molecular formula is C11H18N4O4S2. The van der Waals surface area contributed by atoms with E-state index in [9.17, 15) is 18.5 Å². The van der Waals surface area contributed by atoms with Crippen molar-refractivity contribution in [2.75, 3.05) is 25.9 Å². The zero-order valence-corrected chi connectivity index (χ0v) is 13.4. The quantitative estimate of drug-likeness (QED) is 0.622. The average molecular weight is 334 g/mol. The predicted molar refractivity (Wildman–Crippen MR) is 80.8 cm³/mol. The summed E-state index contributed by atoms with van der Waals surface area (Å²) in [6, 6.07) is 0.843. The number of piperidine rings is 1. The molecule has 3 N–H and O–H groups in total. The summed E-state index contributed by atoms with van der Waals surface area (Å²) >= 11 is 0.715. The van der Waals surface area contributed by atoms with Gasteiger partial charge < -0.3 is 10.6 Å². The average Bonchev–Trinajstić information content (AvgIpc) is 2.76. The fraction of sp³-hybridized carbons (Fsp3) is 0.636. The van der Waals surface area contributed by atoms with Crippen molar-refractivity contribution in [3.05, 3.63) is 16.2 Å². The number of nitro groups is 1. The standard InChI is InChI=1S/C11H18N4O4S2/c1-7-6-14(2)4-3-8(7)13-21(18,19)10-5-9(15(16)17)11(12)20-10/h5,7-8,13H,3-4,6,12H2,1-2H3. The van der Waals surface area contributed by atoms with Crippen LogP contribution >= 0.6 is 11.3 Å². The number of thiophene rings is 1. The molecule has 0 aliphatic carbocycles. The molecule has 0 amide bonds. The molecule has 21 heavy (non-hydrogen) atoms. The molecular weight excluding hydrogens is 316 g/mol. The van der Waals surface area contributed by atoms with E-state index in [0.717, 1.165) is 19.2 Å². The molecule has 1 aromatic rings. The summed E-state index contributed by atoms with van der Waals surface area (Å²) < 4.78 is 27.2. The Morgan fingerprint density at radius 1 is 1.57 bits per heavy atom. The maximum atomic E-state index is 12.3. The van der Waals surface area contributed by atoms with Gasteiger partial charge in [0.25, 0.3) is 10.0 Å². The number of likely N-dealkylation sites (tertiary alicyclic amines) is 1. The molecule has 118 valence electrons. The molecule has 1 aromatic heterocycles. The van der Waals surface area contributed by atoms with Gasteiger partial charge in [-0.25, -0.2) is 13.1 Å². The Balaban J connectivity index is 2.19. The Morgan fingerprint density at radius 2 is 2.24 bits per heavy atom. The van der Waals surface area contributed by atoms with Gasteiger partial charge in [0, 0.05) is 18.7 Å². The van der Waals surface area contributed by atoms with Crippen molar-refractivity contribution in [1.82, 2.24) is 9.62 Å². The van der Waals surface area contributed by atoms with E-state index in [-0.39, 0.29) is 26.9 Å². The molecule has 8 nitrogen and oxygen atoms in total. The number of rotatable bonds is 4. The minimum atomic E-state index is -3.78. The van der Waals surface area contributed by atoms with E-state index >= 15 is 0 Å². The van der Waals surface area contributed by atoms with Crippen molar-refractivity contribution >= 4 is 32.0 Å². The van der Waals surface area contributed by atoms with Gasteiger partial charge in [0.05, 0.1) is 4.92 Å². The molecule has 1 fully saturated rings. The van der Waals surface area contributed by atoms with Gasteiger partial charge in [-0.2, -0.15) is 0 Å². The lowest BCUT2D eigenvalue weighted by atomic mass is 9.95. The molecule has 0 saturated carbocycles. The van der Waals surface area contributed by atoms with E-state index in [2.05, 4.69) is 9.62 Å². The van der Waals surface area contributed by atoms with Crippen molar-refractivity contribution < 1.29 is 13.3 Å². The molecule has 0 spiro atoms. The van der Waals surface area contributed by atoms with Crippen LogP contribution in [0.1, 0.15) is 13.3 Å². The van der Waals surface area contributed by atoms with E-state index in [1.54, 1.807) is 0 Å². The second-order valence-electron chi connectivity index (χ2n) is 5.33. The lowest BCUT2D eigenvalue weighted by Gasteiger charge is -2.34. The number of nitrogens with two attached hydrogens (primary N) is 1. The molecule has 0 radical (unpaired) electrons. The second kappa shape index (κ2) is 5.87. The number of nitrogens with zero attached hydrogens (tertiary/aromatic N) is 2. The van der Waals surface area contributed by atoms with Crippen LogP contribution in [0.2, 0.25) is 0 Å². The Hall–Kier alpha value is -1.23. The van der Waals surface area contributed by atoms with Gasteiger partial charge in [-0.3, -0.25) is 10.1 Å². The number of anilines is 1. The van der Waals surface area contributed by atoms with E-state index in [1.165, 1.54) is 0 Å². The van der Waals surface area contributed by atoms with Crippen LogP contribution in [0.4, 0.5) is 10.7 Å². The van der Waals surface area contributed by atoms with Gasteiger partial charge in [0.1, 0.15) is 4.21 Å². The lowest BCUT2D eigenvalue weighted by Crippen LogP contribution is -2.48. The molecule has 2 rings (SSSR count). The molecule has 2 heterocycles. The normalized spacial score (nSPS) is 24.1. The van der Waals surface area contributed by atoms with E-state index < -0.39 is 14.9 Å². The highest BCUT2D eigenvalue weighted by Crippen LogP contribution is 2.34. The number of hydrogen-bond donors (Lipinski definition) is 2. The Bertz CT molecular complexity index is 643. The van der Waals surface area contributed by atoms with Crippen LogP contribution in [0, 0.1) is 16.0 Å². The summed E-state index contributed by atoms with van der Waals surface area (Å²) in [5, 5.41) is 10.7. The van der Waals surface area contributed by atoms with E-state index in [0.29, 0.717) is 17.8 Å². The number of nitrogens with one attached hydrogen (secondary N) is 1. The van der Waals surface area contributed by atoms with Crippen LogP contribution in [-0.2, 0) is 10.0 Å². The SMILES string of the molecule is CC1CN(C)CCC1NS(=O)(=O)c1cc([N+](=O)[O-])c(N)s1. The van der Waals surface area contributed by atoms with Crippen molar-refractivity contribution in [3.8, 4) is 0 Å². The largest absolute Gasteiger partial charge is 0.385 e. The summed E-state index contributed by atoms with van der Waals surface area (Å²) in [6.45, 7) is 3.60. The van der Waals surface area contributed by atoms with Gasteiger partial charge in [-0.05, 0) is 25.9 Å². The van der Waals surface area contributed by atoms with Crippen LogP contribution in [-0.4, -0.2) is 44.4 Å². The fourth-order valence-electron chi connectivity index (χ4n) is 2.43. The van der Waals surface area contributed by atoms with Gasteiger partial charge in [0.15, 0.2) is 5.00 Å². The van der Waals surface area contributed by atoms with Crippen molar-refractivity contribution in [2.24, 2.45) is 5.92 Å². The lowest BCUT2D eigenvalue weighted by molar-refractivity contribution is -0.383. The minimum absolute atomic E-state index is 0.100. The first-order valence-electron chi connectivity index (χ1n) is 6.45. The molecule has 1 aliphatic rings. The maximum Gasteiger partial charge on any atom is 0.304 e. The maximum absolute atomic E-state index is 12.3. The molecule has 1 saturated heterocycles. The zero-order chi connectivity index (χ0) is 15.8. The van der Waals surface area contributed by atoms with Crippen molar-refractivity contribution in [3.63, 3.8) is 0 Å². The number of sulfonamides is 1. The van der Waals surface area contributed by atoms with Crippen LogP contribution < -0.4 is 10.5 Å². The molecule has 2 unspecified atom stereocenters. The van der Waals surface area contributed by atoms with E-state index in [4.69, 9.17) is 5.73 Å². The first kappa shape index (κ1) is 16.1. The topological polar surface area (TPSA) is 119 Å². The van der Waals surface area contributed by atoms with E-state index in [1.807, 2.05) is 14.0 Å². The smallest absolute Gasteiger partial charge is 0.304 e. The van der Waals surface area contributed by atoms with Gasteiger partial charge in [0.2, 0.25) is 0 Å². The number of nitrogen functional groups attached to an aromatic ring is 1. The summed E-state index contributed by atoms with van der Waals surface area (Å²) in [5.41, 5.74) is 5.13. The molecule has 10 heteroatoms. The highest BCUT2D eigenvalue weighted by Gasteiger charge is 2.31. The predicted octanol–water partition coefficient (Wildman–Crippen LogP) is 0.857. The van der Waals surface area contributed by atoms with Crippen LogP contribution in [0.5, 0.6) is 0 Å². The summed E-state index contributed by atoms with van der Waals surface area (Å²) in [5.74, 6) is 0.172. The monoisotopic (exact) mass is 334 g/mol. The first-order chi connectivity index (χ1) is 9.70. The third kappa shape index (κ3) is 3.51. The molecule has 0 aromatic carbocycles. The number of hydrogen-bond acceptors (Lipinski definition) is 7. The minimum Gasteiger partial charge on any atom is -0.385 e. The third-order valence-electron chi connectivity index (χ3n) is 3.59. The van der Waals surface area contributed by atoms with Gasteiger partial charge in [-0.15, -0.1) is 0 Å². The second-order valence-corrected chi connectivity index (χ2v) is 8.35. The fourth-order valence-corrected chi connectivity index (χ4v) is 5.04. The van der Waals surface area contributed by atoms with Crippen molar-refractivity contribution in [2.45, 2.75) is 23.6 Å². The Labute approximate surface area is 127 Å². The summed E-state index contributed by atoms with van der Waals surface area (Å²) in [6.07, 6.45) is 0.708. The zero-order valence-electron chi connectivity index (χ0n) is 11.8. The molecule has 1 aliphatic heterocycles. The van der Waals surface area contributed by atoms with Crippen molar-refractivity contribution in [1.29, 1.82) is 0 Å². The highest BCUT2D eigenvalue weighted by atomic mass is 32.2. The summed E-state index contributed by atoms with van der Waals surface area (Å²) in [4.78, 5) is 12.2. The van der Waals surface area contributed by atoms with Crippen LogP contribution in [0.15, 0.2) is 10.3 Å². The first-order valence-corrected chi connectivity index (χ1v) is 8.75. The van der Waals surface area contributed by atoms with Crippen LogP contribution in [0.25, 0.3) is 0 Å². The Morgan fingerprint density at radius 3 is 2.76 bits per heavy atom. The van der Waals surface area contributed by atoms with Gasteiger partial charge >= 0.3 is 5.69 Å². The molecule has 2 atom stereocenters. The highest BCUT2D eigenvalue weighted by molar-refractivity contribution is 7.91. The molecule has 0 bridgehead atoms. The van der Waals surface area contributed by atoms with Gasteiger partial charge in [-0.1, -0.05) is 18.3 Å².